The number of anilines is 1. The van der Waals surface area contributed by atoms with Gasteiger partial charge in [0.2, 0.25) is 0 Å². The lowest BCUT2D eigenvalue weighted by Gasteiger charge is -2.24. The lowest BCUT2D eigenvalue weighted by Crippen LogP contribution is -2.34. The van der Waals surface area contributed by atoms with Gasteiger partial charge in [-0.3, -0.25) is 0 Å². The fourth-order valence-corrected chi connectivity index (χ4v) is 2.97. The van der Waals surface area contributed by atoms with Gasteiger partial charge in [0.25, 0.3) is 0 Å². The van der Waals surface area contributed by atoms with E-state index in [-0.39, 0.29) is 6.03 Å². The van der Waals surface area contributed by atoms with Crippen LogP contribution in [-0.4, -0.2) is 10.9 Å². The molecule has 0 aliphatic carbocycles. The maximum atomic E-state index is 13.0. The maximum Gasteiger partial charge on any atom is 0.322 e. The third-order valence-corrected chi connectivity index (χ3v) is 4.83. The summed E-state index contributed by atoms with van der Waals surface area (Å²) in [6.07, 6.45) is 0. The number of carbonyl (C=O) groups excluding carboxylic acids is 1. The highest BCUT2D eigenvalue weighted by molar-refractivity contribution is 6.31. The van der Waals surface area contributed by atoms with Gasteiger partial charge in [0, 0.05) is 23.8 Å². The second-order valence-corrected chi connectivity index (χ2v) is 7.13. The Labute approximate surface area is 165 Å². The minimum absolute atomic E-state index is 0.153. The number of urea groups is 1. The van der Waals surface area contributed by atoms with Gasteiger partial charge < -0.3 is 10.2 Å². The van der Waals surface area contributed by atoms with Crippen LogP contribution in [0.5, 0.6) is 0 Å². The molecule has 0 spiro atoms. The third kappa shape index (κ3) is 5.35. The van der Waals surface area contributed by atoms with E-state index in [1.807, 2.05) is 49.4 Å². The van der Waals surface area contributed by atoms with Crippen LogP contribution in [0.1, 0.15) is 22.3 Å². The summed E-state index contributed by atoms with van der Waals surface area (Å²) < 4.78 is 0. The lowest BCUT2D eigenvalue weighted by atomic mass is 10.1. The topological polar surface area (TPSA) is 32.3 Å². The summed E-state index contributed by atoms with van der Waals surface area (Å²) in [5, 5.41) is 3.60. The van der Waals surface area contributed by atoms with E-state index in [2.05, 4.69) is 36.5 Å². The standard InChI is InChI=1S/C23H23ClN2O/c1-17-8-11-20(12-9-17)16-26(15-19-6-4-3-5-7-19)23(27)25-21-13-10-18(2)22(24)14-21/h3-14H,15-16H2,1-2H3,(H,25,27). The minimum Gasteiger partial charge on any atom is -0.316 e. The van der Waals surface area contributed by atoms with Crippen LogP contribution in [0.25, 0.3) is 0 Å². The zero-order valence-corrected chi connectivity index (χ0v) is 16.3. The SMILES string of the molecule is Cc1ccc(CN(Cc2ccccc2)C(=O)Nc2ccc(C)c(Cl)c2)cc1. The third-order valence-electron chi connectivity index (χ3n) is 4.42. The molecule has 1 N–H and O–H groups in total. The first-order chi connectivity index (χ1) is 13.0. The first-order valence-electron chi connectivity index (χ1n) is 8.93. The van der Waals surface area contributed by atoms with Gasteiger partial charge in [-0.2, -0.15) is 0 Å². The van der Waals surface area contributed by atoms with Gasteiger partial charge >= 0.3 is 6.03 Å². The fraction of sp³-hybridized carbons (Fsp3) is 0.174. The first kappa shape index (κ1) is 19.0. The molecule has 0 unspecified atom stereocenters. The Morgan fingerprint density at radius 3 is 2.15 bits per heavy atom. The molecule has 3 aromatic carbocycles. The number of aryl methyl sites for hydroxylation is 2. The van der Waals surface area contributed by atoms with Crippen molar-refractivity contribution in [1.29, 1.82) is 0 Å². The van der Waals surface area contributed by atoms with Crippen molar-refractivity contribution in [3.05, 3.63) is 100 Å². The fourth-order valence-electron chi connectivity index (χ4n) is 2.79. The van der Waals surface area contributed by atoms with E-state index in [4.69, 9.17) is 11.6 Å². The Morgan fingerprint density at radius 1 is 0.889 bits per heavy atom. The van der Waals surface area contributed by atoms with E-state index in [1.54, 1.807) is 11.0 Å². The number of nitrogens with one attached hydrogen (secondary N) is 1. The van der Waals surface area contributed by atoms with Crippen LogP contribution >= 0.6 is 11.6 Å². The molecule has 3 nitrogen and oxygen atoms in total. The molecule has 0 aliphatic heterocycles. The zero-order valence-electron chi connectivity index (χ0n) is 15.6. The molecule has 138 valence electrons. The van der Waals surface area contributed by atoms with E-state index in [1.165, 1.54) is 5.56 Å². The Balaban J connectivity index is 1.79. The zero-order chi connectivity index (χ0) is 19.2. The van der Waals surface area contributed by atoms with Crippen LogP contribution in [0.4, 0.5) is 10.5 Å². The average molecular weight is 379 g/mol. The molecule has 0 heterocycles. The molecule has 0 saturated carbocycles. The van der Waals surface area contributed by atoms with Crippen molar-refractivity contribution in [3.63, 3.8) is 0 Å². The van der Waals surface area contributed by atoms with Crippen molar-refractivity contribution in [2.75, 3.05) is 5.32 Å². The number of nitrogens with zero attached hydrogens (tertiary/aromatic N) is 1. The highest BCUT2D eigenvalue weighted by Gasteiger charge is 2.15. The summed E-state index contributed by atoms with van der Waals surface area (Å²) in [7, 11) is 0. The second-order valence-electron chi connectivity index (χ2n) is 6.72. The molecular weight excluding hydrogens is 356 g/mol. The second kappa shape index (κ2) is 8.74. The van der Waals surface area contributed by atoms with Crippen molar-refractivity contribution in [2.45, 2.75) is 26.9 Å². The van der Waals surface area contributed by atoms with E-state index in [0.717, 1.165) is 16.7 Å². The number of benzene rings is 3. The minimum atomic E-state index is -0.153. The smallest absolute Gasteiger partial charge is 0.316 e. The maximum absolute atomic E-state index is 13.0. The summed E-state index contributed by atoms with van der Waals surface area (Å²) in [5.74, 6) is 0. The largest absolute Gasteiger partial charge is 0.322 e. The van der Waals surface area contributed by atoms with Gasteiger partial charge in [-0.15, -0.1) is 0 Å². The van der Waals surface area contributed by atoms with Crippen LogP contribution in [0.3, 0.4) is 0 Å². The predicted molar refractivity (Wildman–Crippen MR) is 112 cm³/mol. The predicted octanol–water partition coefficient (Wildman–Crippen LogP) is 6.19. The summed E-state index contributed by atoms with van der Waals surface area (Å²) in [6, 6.07) is 23.6. The molecule has 0 aliphatic rings. The summed E-state index contributed by atoms with van der Waals surface area (Å²) in [6.45, 7) is 5.05. The summed E-state index contributed by atoms with van der Waals surface area (Å²) in [5.41, 5.74) is 5.05. The molecule has 4 heteroatoms. The molecule has 0 bridgehead atoms. The monoisotopic (exact) mass is 378 g/mol. The normalized spacial score (nSPS) is 10.5. The Bertz CT molecular complexity index is 907. The summed E-state index contributed by atoms with van der Waals surface area (Å²) >= 11 is 6.19. The lowest BCUT2D eigenvalue weighted by molar-refractivity contribution is 0.206. The van der Waals surface area contributed by atoms with E-state index >= 15 is 0 Å². The number of rotatable bonds is 5. The Kier molecular flexibility index (Phi) is 6.15. The molecule has 0 atom stereocenters. The molecule has 2 amide bonds. The number of hydrogen-bond acceptors (Lipinski definition) is 1. The van der Waals surface area contributed by atoms with Crippen molar-refractivity contribution in [2.24, 2.45) is 0 Å². The van der Waals surface area contributed by atoms with E-state index < -0.39 is 0 Å². The highest BCUT2D eigenvalue weighted by atomic mass is 35.5. The van der Waals surface area contributed by atoms with Crippen LogP contribution in [-0.2, 0) is 13.1 Å². The molecule has 0 aromatic heterocycles. The van der Waals surface area contributed by atoms with Gasteiger partial charge in [-0.1, -0.05) is 77.8 Å². The van der Waals surface area contributed by atoms with Crippen LogP contribution in [0.2, 0.25) is 5.02 Å². The molecule has 3 aromatic rings. The van der Waals surface area contributed by atoms with Gasteiger partial charge in [-0.25, -0.2) is 4.79 Å². The number of amides is 2. The van der Waals surface area contributed by atoms with Crippen molar-refractivity contribution < 1.29 is 4.79 Å². The van der Waals surface area contributed by atoms with Gasteiger partial charge in [0.15, 0.2) is 0 Å². The molecule has 0 radical (unpaired) electrons. The first-order valence-corrected chi connectivity index (χ1v) is 9.30. The van der Waals surface area contributed by atoms with E-state index in [0.29, 0.717) is 23.8 Å². The van der Waals surface area contributed by atoms with Crippen LogP contribution in [0, 0.1) is 13.8 Å². The molecule has 0 saturated heterocycles. The number of carbonyl (C=O) groups is 1. The molecule has 0 fully saturated rings. The van der Waals surface area contributed by atoms with E-state index in [9.17, 15) is 4.79 Å². The van der Waals surface area contributed by atoms with Crippen molar-refractivity contribution >= 4 is 23.3 Å². The van der Waals surface area contributed by atoms with Gasteiger partial charge in [-0.05, 0) is 42.7 Å². The molecular formula is C23H23ClN2O. The number of hydrogen-bond donors (Lipinski definition) is 1. The van der Waals surface area contributed by atoms with Gasteiger partial charge in [0.1, 0.15) is 0 Å². The Morgan fingerprint density at radius 2 is 1.52 bits per heavy atom. The summed E-state index contributed by atoms with van der Waals surface area (Å²) in [4.78, 5) is 14.8. The van der Waals surface area contributed by atoms with Crippen LogP contribution in [0.15, 0.2) is 72.8 Å². The van der Waals surface area contributed by atoms with Crippen molar-refractivity contribution in [3.8, 4) is 0 Å². The Hall–Kier alpha value is -2.78. The van der Waals surface area contributed by atoms with Crippen molar-refractivity contribution in [1.82, 2.24) is 4.90 Å². The quantitative estimate of drug-likeness (QED) is 0.563. The number of halogens is 1. The van der Waals surface area contributed by atoms with Crippen LogP contribution < -0.4 is 5.32 Å². The average Bonchev–Trinajstić information content (AvgIpc) is 2.67. The highest BCUT2D eigenvalue weighted by Crippen LogP contribution is 2.21. The van der Waals surface area contributed by atoms with Gasteiger partial charge in [0.05, 0.1) is 0 Å². The molecule has 27 heavy (non-hydrogen) atoms. The molecule has 3 rings (SSSR count).